The van der Waals surface area contributed by atoms with Gasteiger partial charge in [0.2, 0.25) is 11.8 Å². The Labute approximate surface area is 152 Å². The van der Waals surface area contributed by atoms with Crippen LogP contribution in [0, 0.1) is 0 Å². The van der Waals surface area contributed by atoms with Crippen molar-refractivity contribution >= 4 is 51.1 Å². The number of ether oxygens (including phenoxy) is 1. The third-order valence-electron chi connectivity index (χ3n) is 2.83. The van der Waals surface area contributed by atoms with E-state index in [4.69, 9.17) is 4.74 Å². The largest absolute Gasteiger partial charge is 0.509 e. The summed E-state index contributed by atoms with van der Waals surface area (Å²) in [6, 6.07) is 0. The molecule has 0 aromatic carbocycles. The second-order valence-corrected chi connectivity index (χ2v) is 7.68. The molecule has 0 radical (unpaired) electrons. The van der Waals surface area contributed by atoms with Crippen LogP contribution in [0.15, 0.2) is 11.5 Å². The lowest BCUT2D eigenvalue weighted by atomic mass is 10.1. The number of thioether (sulfide) groups is 1. The van der Waals surface area contributed by atoms with E-state index in [1.165, 1.54) is 6.92 Å². The minimum absolute atomic E-state index is 0.118. The maximum Gasteiger partial charge on any atom is 0.359 e. The lowest BCUT2D eigenvalue weighted by Gasteiger charge is -2.50. The fourth-order valence-corrected chi connectivity index (χ4v) is 3.22. The van der Waals surface area contributed by atoms with Crippen LogP contribution < -0.4 is 5.32 Å². The number of carbonyl (C=O) groups is 4. The van der Waals surface area contributed by atoms with Crippen LogP contribution in [0.2, 0.25) is 0 Å². The summed E-state index contributed by atoms with van der Waals surface area (Å²) >= 11 is 3.64. The van der Waals surface area contributed by atoms with Crippen molar-refractivity contribution in [1.82, 2.24) is 10.2 Å². The van der Waals surface area contributed by atoms with Gasteiger partial charge in [-0.15, -0.1) is 0 Å². The number of aliphatic hydroxyl groups excluding tert-OH is 1. The predicted molar refractivity (Wildman–Crippen MR) is 91.6 cm³/mol. The Hall–Kier alpha value is -1.55. The summed E-state index contributed by atoms with van der Waals surface area (Å²) in [6.45, 7) is 6.11. The van der Waals surface area contributed by atoms with Gasteiger partial charge in [-0.2, -0.15) is 0 Å². The smallest absolute Gasteiger partial charge is 0.359 e. The number of rotatable bonds is 6. The summed E-state index contributed by atoms with van der Waals surface area (Å²) in [5.41, 5.74) is -0.828. The molecule has 0 bridgehead atoms. The Kier molecular flexibility index (Phi) is 6.45. The number of likely N-dealkylation sites (tertiary alicyclic amines) is 1. The lowest BCUT2D eigenvalue weighted by molar-refractivity contribution is -0.162. The van der Waals surface area contributed by atoms with E-state index in [0.29, 0.717) is 17.4 Å². The van der Waals surface area contributed by atoms with E-state index in [0.717, 1.165) is 4.90 Å². The van der Waals surface area contributed by atoms with Gasteiger partial charge >= 0.3 is 5.97 Å². The normalized spacial score (nSPS) is 21.5. The number of nitrogens with one attached hydrogen (secondary N) is 1. The Balaban J connectivity index is 3.34. The number of hydrogen-bond acceptors (Lipinski definition) is 7. The van der Waals surface area contributed by atoms with Crippen molar-refractivity contribution in [2.45, 2.75) is 44.7 Å². The van der Waals surface area contributed by atoms with Crippen LogP contribution in [0.4, 0.5) is 0 Å². The number of hydrogen-bond donors (Lipinski definition) is 2. The van der Waals surface area contributed by atoms with E-state index < -0.39 is 39.8 Å². The van der Waals surface area contributed by atoms with Crippen LogP contribution >= 0.6 is 27.7 Å². The highest BCUT2D eigenvalue weighted by Gasteiger charge is 2.57. The summed E-state index contributed by atoms with van der Waals surface area (Å²) in [5.74, 6) is -2.41. The van der Waals surface area contributed by atoms with Gasteiger partial charge in [-0.25, -0.2) is 4.79 Å². The lowest BCUT2D eigenvalue weighted by Crippen LogP contribution is -2.70. The van der Waals surface area contributed by atoms with Gasteiger partial charge in [-0.1, -0.05) is 15.9 Å². The van der Waals surface area contributed by atoms with Gasteiger partial charge in [-0.05, 0) is 32.5 Å². The van der Waals surface area contributed by atoms with Gasteiger partial charge in [0.15, 0.2) is 16.3 Å². The molecule has 1 saturated heterocycles. The maximum atomic E-state index is 12.5. The first kappa shape index (κ1) is 20.5. The van der Waals surface area contributed by atoms with Crippen LogP contribution in [0.25, 0.3) is 0 Å². The van der Waals surface area contributed by atoms with Crippen molar-refractivity contribution in [2.24, 2.45) is 0 Å². The highest BCUT2D eigenvalue weighted by atomic mass is 79.9. The number of alkyl halides is 1. The Morgan fingerprint density at radius 1 is 1.50 bits per heavy atom. The molecule has 0 spiro atoms. The molecule has 0 saturated carbocycles. The number of carbonyl (C=O) groups excluding carboxylic acids is 4. The molecule has 2 amide bonds. The molecule has 10 heteroatoms. The molecule has 24 heavy (non-hydrogen) atoms. The van der Waals surface area contributed by atoms with Crippen molar-refractivity contribution in [1.29, 1.82) is 0 Å². The second kappa shape index (κ2) is 7.56. The predicted octanol–water partition coefficient (Wildman–Crippen LogP) is 1.44. The van der Waals surface area contributed by atoms with Crippen LogP contribution in [-0.4, -0.2) is 49.3 Å². The summed E-state index contributed by atoms with van der Waals surface area (Å²) in [6.07, 6.45) is -0.197. The number of nitrogens with zero attached hydrogens (tertiary/aromatic N) is 1. The van der Waals surface area contributed by atoms with E-state index in [9.17, 15) is 24.3 Å². The Bertz CT molecular complexity index is 597. The van der Waals surface area contributed by atoms with Gasteiger partial charge in [0.25, 0.3) is 0 Å². The summed E-state index contributed by atoms with van der Waals surface area (Å²) in [4.78, 5) is 46.4. The van der Waals surface area contributed by atoms with Crippen molar-refractivity contribution in [3.63, 3.8) is 0 Å². The SMILES string of the molecule is CC(=O)NC1(SC=O)CC(=O)N1C(C(=O)OC(C)(C)C)=C(O)CBr. The zero-order valence-corrected chi connectivity index (χ0v) is 16.1. The molecule has 2 N–H and O–H groups in total. The molecular weight excluding hydrogens is 404 g/mol. The van der Waals surface area contributed by atoms with Gasteiger partial charge in [0.1, 0.15) is 11.4 Å². The molecule has 1 aliphatic rings. The number of aliphatic hydroxyl groups is 1. The average molecular weight is 423 g/mol. The van der Waals surface area contributed by atoms with E-state index in [1.54, 1.807) is 20.8 Å². The zero-order chi connectivity index (χ0) is 18.7. The number of esters is 1. The van der Waals surface area contributed by atoms with E-state index in [2.05, 4.69) is 21.2 Å². The van der Waals surface area contributed by atoms with Crippen molar-refractivity contribution in [3.8, 4) is 0 Å². The molecule has 0 aliphatic carbocycles. The van der Waals surface area contributed by atoms with E-state index in [-0.39, 0.29) is 11.8 Å². The van der Waals surface area contributed by atoms with Gasteiger partial charge in [0, 0.05) is 6.92 Å². The third kappa shape index (κ3) is 4.50. The standard InChI is InChI=1S/C14H19BrN2O6S/c1-8(19)16-14(24-7-18)5-10(21)17(14)11(9(20)6-15)12(22)23-13(2,3)4/h7,20H,5-6H2,1-4H3,(H,16,19). The van der Waals surface area contributed by atoms with Gasteiger partial charge < -0.3 is 15.2 Å². The minimum Gasteiger partial charge on any atom is -0.509 e. The average Bonchev–Trinajstić information content (AvgIpc) is 2.41. The molecule has 1 heterocycles. The van der Waals surface area contributed by atoms with E-state index in [1.807, 2.05) is 0 Å². The third-order valence-corrected chi connectivity index (χ3v) is 4.28. The Morgan fingerprint density at radius 3 is 2.46 bits per heavy atom. The minimum atomic E-state index is -1.47. The zero-order valence-electron chi connectivity index (χ0n) is 13.7. The topological polar surface area (TPSA) is 113 Å². The van der Waals surface area contributed by atoms with Gasteiger partial charge in [0.05, 0.1) is 11.8 Å². The first-order valence-corrected chi connectivity index (χ1v) is 8.92. The monoisotopic (exact) mass is 422 g/mol. The summed E-state index contributed by atoms with van der Waals surface area (Å²) in [7, 11) is 0. The summed E-state index contributed by atoms with van der Waals surface area (Å²) in [5, 5.41) is 12.5. The molecule has 0 aromatic rings. The van der Waals surface area contributed by atoms with Crippen LogP contribution in [0.5, 0.6) is 0 Å². The molecule has 1 aliphatic heterocycles. The number of halogens is 1. The fraction of sp³-hybridized carbons (Fsp3) is 0.571. The van der Waals surface area contributed by atoms with Gasteiger partial charge in [-0.3, -0.25) is 19.3 Å². The quantitative estimate of drug-likeness (QED) is 0.126. The molecule has 1 unspecified atom stereocenters. The molecule has 1 fully saturated rings. The first-order valence-electron chi connectivity index (χ1n) is 6.92. The van der Waals surface area contributed by atoms with Crippen molar-refractivity contribution in [3.05, 3.63) is 11.5 Å². The molecule has 1 atom stereocenters. The Morgan fingerprint density at radius 2 is 2.08 bits per heavy atom. The number of β-lactam (4-membered cyclic amide) rings is 1. The fourth-order valence-electron chi connectivity index (χ4n) is 2.09. The number of allylic oxidation sites excluding steroid dienone is 1. The van der Waals surface area contributed by atoms with E-state index >= 15 is 0 Å². The molecule has 8 nitrogen and oxygen atoms in total. The van der Waals surface area contributed by atoms with Crippen LogP contribution in [0.1, 0.15) is 34.1 Å². The highest BCUT2D eigenvalue weighted by Crippen LogP contribution is 2.42. The molecule has 134 valence electrons. The summed E-state index contributed by atoms with van der Waals surface area (Å²) < 4.78 is 5.22. The van der Waals surface area contributed by atoms with Crippen LogP contribution in [-0.2, 0) is 23.9 Å². The first-order chi connectivity index (χ1) is 11.0. The molecular formula is C14H19BrN2O6S. The maximum absolute atomic E-state index is 12.5. The second-order valence-electron chi connectivity index (χ2n) is 6.02. The number of amides is 2. The molecule has 1 rings (SSSR count). The van der Waals surface area contributed by atoms with Crippen LogP contribution in [0.3, 0.4) is 0 Å². The van der Waals surface area contributed by atoms with Crippen molar-refractivity contribution in [2.75, 3.05) is 5.33 Å². The van der Waals surface area contributed by atoms with Crippen molar-refractivity contribution < 1.29 is 29.0 Å². The highest BCUT2D eigenvalue weighted by molar-refractivity contribution is 9.09. The molecule has 0 aromatic heterocycles.